The summed E-state index contributed by atoms with van der Waals surface area (Å²) in [5.74, 6) is -0.519. The number of rotatable bonds is 4. The summed E-state index contributed by atoms with van der Waals surface area (Å²) in [6.07, 6.45) is 3.05. The molecule has 2 aromatic heterocycles. The first-order valence-electron chi connectivity index (χ1n) is 8.26. The van der Waals surface area contributed by atoms with E-state index in [9.17, 15) is 8.78 Å². The molecule has 4 nitrogen and oxygen atoms in total. The highest BCUT2D eigenvalue weighted by molar-refractivity contribution is 7.13. The van der Waals surface area contributed by atoms with E-state index < -0.39 is 11.6 Å². The molecule has 0 aliphatic carbocycles. The van der Waals surface area contributed by atoms with Gasteiger partial charge in [0.2, 0.25) is 5.89 Å². The Kier molecular flexibility index (Phi) is 4.59. The molecule has 0 unspecified atom stereocenters. The van der Waals surface area contributed by atoms with E-state index in [0.29, 0.717) is 18.3 Å². The van der Waals surface area contributed by atoms with Gasteiger partial charge in [0.1, 0.15) is 0 Å². The maximum atomic E-state index is 13.5. The molecule has 1 atom stereocenters. The fourth-order valence-electron chi connectivity index (χ4n) is 3.20. The van der Waals surface area contributed by atoms with Crippen LogP contribution in [0.1, 0.15) is 36.8 Å². The third kappa shape index (κ3) is 3.48. The van der Waals surface area contributed by atoms with Crippen molar-refractivity contribution in [2.24, 2.45) is 0 Å². The van der Waals surface area contributed by atoms with Gasteiger partial charge in [-0.3, -0.25) is 4.90 Å². The summed E-state index contributed by atoms with van der Waals surface area (Å²) < 4.78 is 32.5. The molecule has 1 saturated heterocycles. The SMILES string of the molecule is Fc1ccc(CN2CCCC[C@@H]2c2nnc(-c3cccs3)o2)cc1F. The molecule has 0 N–H and O–H groups in total. The summed E-state index contributed by atoms with van der Waals surface area (Å²) >= 11 is 1.56. The second-order valence-electron chi connectivity index (χ2n) is 6.15. The zero-order valence-corrected chi connectivity index (χ0v) is 14.3. The van der Waals surface area contributed by atoms with E-state index in [2.05, 4.69) is 15.1 Å². The van der Waals surface area contributed by atoms with E-state index in [1.165, 1.54) is 12.1 Å². The van der Waals surface area contributed by atoms with E-state index >= 15 is 0 Å². The molecule has 130 valence electrons. The van der Waals surface area contributed by atoms with E-state index in [4.69, 9.17) is 4.42 Å². The molecule has 1 aliphatic heterocycles. The molecule has 4 rings (SSSR count). The summed E-state index contributed by atoms with van der Waals surface area (Å²) in [6, 6.07) is 7.94. The summed E-state index contributed by atoms with van der Waals surface area (Å²) in [5.41, 5.74) is 0.740. The molecule has 25 heavy (non-hydrogen) atoms. The normalized spacial score (nSPS) is 18.6. The maximum Gasteiger partial charge on any atom is 0.257 e. The number of hydrogen-bond donors (Lipinski definition) is 0. The lowest BCUT2D eigenvalue weighted by Crippen LogP contribution is -2.33. The standard InChI is InChI=1S/C18H17F2N3OS/c19-13-7-6-12(10-14(13)20)11-23-8-2-1-4-15(23)17-21-22-18(24-17)16-5-3-9-25-16/h3,5-7,9-10,15H,1-2,4,8,11H2/t15-/m1/s1. The van der Waals surface area contributed by atoms with Crippen LogP contribution in [0.15, 0.2) is 40.1 Å². The highest BCUT2D eigenvalue weighted by Gasteiger charge is 2.29. The van der Waals surface area contributed by atoms with Crippen molar-refractivity contribution in [1.29, 1.82) is 0 Å². The highest BCUT2D eigenvalue weighted by Crippen LogP contribution is 2.33. The molecule has 1 fully saturated rings. The van der Waals surface area contributed by atoms with Crippen molar-refractivity contribution in [2.45, 2.75) is 31.8 Å². The minimum atomic E-state index is -0.823. The van der Waals surface area contributed by atoms with Crippen LogP contribution in [0.25, 0.3) is 10.8 Å². The van der Waals surface area contributed by atoms with Gasteiger partial charge in [-0.1, -0.05) is 18.6 Å². The smallest absolute Gasteiger partial charge is 0.257 e. The van der Waals surface area contributed by atoms with Crippen molar-refractivity contribution in [2.75, 3.05) is 6.54 Å². The first-order valence-corrected chi connectivity index (χ1v) is 9.14. The van der Waals surface area contributed by atoms with Crippen LogP contribution in [0.4, 0.5) is 8.78 Å². The van der Waals surface area contributed by atoms with Gasteiger partial charge in [-0.25, -0.2) is 8.78 Å². The van der Waals surface area contributed by atoms with E-state index in [0.717, 1.165) is 36.2 Å². The minimum absolute atomic E-state index is 0.00285. The number of piperidine rings is 1. The van der Waals surface area contributed by atoms with Crippen LogP contribution in [0, 0.1) is 11.6 Å². The lowest BCUT2D eigenvalue weighted by atomic mass is 10.0. The quantitative estimate of drug-likeness (QED) is 0.669. The Morgan fingerprint density at radius 1 is 1.16 bits per heavy atom. The number of benzene rings is 1. The van der Waals surface area contributed by atoms with Gasteiger partial charge >= 0.3 is 0 Å². The fourth-order valence-corrected chi connectivity index (χ4v) is 3.85. The van der Waals surface area contributed by atoms with Crippen LogP contribution in [0.5, 0.6) is 0 Å². The third-order valence-corrected chi connectivity index (χ3v) is 5.30. The van der Waals surface area contributed by atoms with E-state index in [1.54, 1.807) is 17.4 Å². The van der Waals surface area contributed by atoms with Crippen molar-refractivity contribution in [3.63, 3.8) is 0 Å². The van der Waals surface area contributed by atoms with Gasteiger partial charge in [-0.2, -0.15) is 0 Å². The Morgan fingerprint density at radius 3 is 2.88 bits per heavy atom. The largest absolute Gasteiger partial charge is 0.418 e. The molecule has 0 saturated carbocycles. The Balaban J connectivity index is 1.55. The average Bonchev–Trinajstić information content (AvgIpc) is 3.30. The van der Waals surface area contributed by atoms with E-state index in [-0.39, 0.29) is 6.04 Å². The van der Waals surface area contributed by atoms with Crippen LogP contribution < -0.4 is 0 Å². The van der Waals surface area contributed by atoms with Crippen molar-refractivity contribution >= 4 is 11.3 Å². The third-order valence-electron chi connectivity index (χ3n) is 4.44. The molecule has 3 heterocycles. The van der Waals surface area contributed by atoms with Gasteiger partial charge in [0.15, 0.2) is 11.6 Å². The maximum absolute atomic E-state index is 13.5. The number of likely N-dealkylation sites (tertiary alicyclic amines) is 1. The molecule has 0 bridgehead atoms. The van der Waals surface area contributed by atoms with Crippen LogP contribution in [0.2, 0.25) is 0 Å². The molecular weight excluding hydrogens is 344 g/mol. The Labute approximate surface area is 148 Å². The average molecular weight is 361 g/mol. The molecule has 0 amide bonds. The van der Waals surface area contributed by atoms with Crippen molar-refractivity contribution in [3.05, 3.63) is 58.8 Å². The Bertz CT molecular complexity index is 850. The summed E-state index contributed by atoms with van der Waals surface area (Å²) in [6.45, 7) is 1.39. The van der Waals surface area contributed by atoms with Crippen LogP contribution in [0.3, 0.4) is 0 Å². The molecule has 1 aromatic carbocycles. The van der Waals surface area contributed by atoms with Gasteiger partial charge in [-0.05, 0) is 48.5 Å². The number of hydrogen-bond acceptors (Lipinski definition) is 5. The zero-order chi connectivity index (χ0) is 17.2. The minimum Gasteiger partial charge on any atom is -0.418 e. The van der Waals surface area contributed by atoms with Crippen LogP contribution in [-0.4, -0.2) is 21.6 Å². The summed E-state index contributed by atoms with van der Waals surface area (Å²) in [7, 11) is 0. The number of thiophene rings is 1. The van der Waals surface area contributed by atoms with Crippen molar-refractivity contribution in [1.82, 2.24) is 15.1 Å². The summed E-state index contributed by atoms with van der Waals surface area (Å²) in [4.78, 5) is 3.14. The molecule has 7 heteroatoms. The van der Waals surface area contributed by atoms with Crippen LogP contribution >= 0.6 is 11.3 Å². The second-order valence-corrected chi connectivity index (χ2v) is 7.10. The van der Waals surface area contributed by atoms with Gasteiger partial charge < -0.3 is 4.42 Å². The molecular formula is C18H17F2N3OS. The first-order chi connectivity index (χ1) is 12.2. The van der Waals surface area contributed by atoms with Gasteiger partial charge in [0.25, 0.3) is 5.89 Å². The summed E-state index contributed by atoms with van der Waals surface area (Å²) in [5, 5.41) is 10.4. The Morgan fingerprint density at radius 2 is 2.08 bits per heavy atom. The monoisotopic (exact) mass is 361 g/mol. The van der Waals surface area contributed by atoms with E-state index in [1.807, 2.05) is 17.5 Å². The number of halogens is 2. The molecule has 0 radical (unpaired) electrons. The lowest BCUT2D eigenvalue weighted by molar-refractivity contribution is 0.118. The molecule has 1 aliphatic rings. The van der Waals surface area contributed by atoms with Crippen molar-refractivity contribution in [3.8, 4) is 10.8 Å². The van der Waals surface area contributed by atoms with Gasteiger partial charge in [0, 0.05) is 6.54 Å². The number of nitrogens with zero attached hydrogens (tertiary/aromatic N) is 3. The predicted octanol–water partition coefficient (Wildman–Crippen LogP) is 4.80. The molecule has 3 aromatic rings. The fraction of sp³-hybridized carbons (Fsp3) is 0.333. The second kappa shape index (κ2) is 7.01. The van der Waals surface area contributed by atoms with Crippen LogP contribution in [-0.2, 0) is 6.54 Å². The first kappa shape index (κ1) is 16.4. The Hall–Kier alpha value is -2.12. The highest BCUT2D eigenvalue weighted by atomic mass is 32.1. The number of aromatic nitrogens is 2. The lowest BCUT2D eigenvalue weighted by Gasteiger charge is -2.33. The topological polar surface area (TPSA) is 42.2 Å². The van der Waals surface area contributed by atoms with Gasteiger partial charge in [0.05, 0.1) is 10.9 Å². The predicted molar refractivity (Wildman–Crippen MR) is 91.0 cm³/mol. The zero-order valence-electron chi connectivity index (χ0n) is 13.5. The van der Waals surface area contributed by atoms with Crippen molar-refractivity contribution < 1.29 is 13.2 Å². The van der Waals surface area contributed by atoms with Gasteiger partial charge in [-0.15, -0.1) is 21.5 Å². The molecule has 0 spiro atoms.